The van der Waals surface area contributed by atoms with Crippen molar-refractivity contribution in [2.24, 2.45) is 0 Å². The predicted octanol–water partition coefficient (Wildman–Crippen LogP) is 2.16. The maximum atomic E-state index is 12.2. The fraction of sp³-hybridized carbons (Fsp3) is 0.278. The molecule has 2 aromatic rings. The number of carbonyl (C=O) groups excluding carboxylic acids is 2. The van der Waals surface area contributed by atoms with Crippen LogP contribution in [0.1, 0.15) is 40.4 Å². The van der Waals surface area contributed by atoms with Crippen molar-refractivity contribution >= 4 is 11.8 Å². The molecular formula is C18H21N3O3. The Bertz CT molecular complexity index is 712. The van der Waals surface area contributed by atoms with Crippen molar-refractivity contribution in [3.8, 4) is 5.75 Å². The number of aromatic nitrogens is 1. The van der Waals surface area contributed by atoms with Gasteiger partial charge >= 0.3 is 0 Å². The highest BCUT2D eigenvalue weighted by atomic mass is 16.5. The van der Waals surface area contributed by atoms with Crippen LogP contribution in [0.2, 0.25) is 0 Å². The summed E-state index contributed by atoms with van der Waals surface area (Å²) >= 11 is 0. The molecule has 1 heterocycles. The summed E-state index contributed by atoms with van der Waals surface area (Å²) < 4.78 is 5.09. The summed E-state index contributed by atoms with van der Waals surface area (Å²) in [6, 6.07) is 12.2. The standard InChI is InChI=1S/C18H21N3O3/c1-12(2)20-18(23)16-6-4-5-15(21-16)17(22)19-11-13-7-9-14(24-3)10-8-13/h4-10,12H,11H2,1-3H3,(H,19,22)(H,20,23). The minimum absolute atomic E-state index is 0.00635. The molecule has 0 fully saturated rings. The van der Waals surface area contributed by atoms with E-state index in [1.807, 2.05) is 38.1 Å². The summed E-state index contributed by atoms with van der Waals surface area (Å²) in [5, 5.41) is 5.53. The first kappa shape index (κ1) is 17.5. The number of nitrogens with one attached hydrogen (secondary N) is 2. The number of nitrogens with zero attached hydrogens (tertiary/aromatic N) is 1. The summed E-state index contributed by atoms with van der Waals surface area (Å²) in [6.07, 6.45) is 0. The van der Waals surface area contributed by atoms with Crippen LogP contribution in [0.5, 0.6) is 5.75 Å². The normalized spacial score (nSPS) is 10.3. The Kier molecular flexibility index (Phi) is 5.89. The van der Waals surface area contributed by atoms with Gasteiger partial charge < -0.3 is 15.4 Å². The van der Waals surface area contributed by atoms with E-state index in [4.69, 9.17) is 4.74 Å². The maximum absolute atomic E-state index is 12.2. The highest BCUT2D eigenvalue weighted by Gasteiger charge is 2.12. The third-order valence-corrected chi connectivity index (χ3v) is 3.25. The number of ether oxygens (including phenoxy) is 1. The van der Waals surface area contributed by atoms with E-state index >= 15 is 0 Å². The summed E-state index contributed by atoms with van der Waals surface area (Å²) in [6.45, 7) is 4.10. The molecule has 0 bridgehead atoms. The Hall–Kier alpha value is -2.89. The van der Waals surface area contributed by atoms with Crippen molar-refractivity contribution < 1.29 is 14.3 Å². The van der Waals surface area contributed by atoms with Gasteiger partial charge in [-0.1, -0.05) is 18.2 Å². The Morgan fingerprint density at radius 3 is 2.25 bits per heavy atom. The minimum atomic E-state index is -0.329. The lowest BCUT2D eigenvalue weighted by Gasteiger charge is -2.09. The van der Waals surface area contributed by atoms with Gasteiger partial charge in [0.1, 0.15) is 17.1 Å². The van der Waals surface area contributed by atoms with Crippen molar-refractivity contribution in [3.63, 3.8) is 0 Å². The molecule has 126 valence electrons. The van der Waals surface area contributed by atoms with Crippen LogP contribution in [0, 0.1) is 0 Å². The van der Waals surface area contributed by atoms with E-state index in [1.54, 1.807) is 25.3 Å². The smallest absolute Gasteiger partial charge is 0.270 e. The zero-order chi connectivity index (χ0) is 17.5. The van der Waals surface area contributed by atoms with E-state index in [2.05, 4.69) is 15.6 Å². The number of methoxy groups -OCH3 is 1. The zero-order valence-corrected chi connectivity index (χ0v) is 14.0. The van der Waals surface area contributed by atoms with E-state index < -0.39 is 0 Å². The molecule has 0 aliphatic heterocycles. The van der Waals surface area contributed by atoms with E-state index in [9.17, 15) is 9.59 Å². The number of hydrogen-bond acceptors (Lipinski definition) is 4. The molecule has 0 unspecified atom stereocenters. The van der Waals surface area contributed by atoms with Gasteiger partial charge in [-0.05, 0) is 43.7 Å². The number of carbonyl (C=O) groups is 2. The van der Waals surface area contributed by atoms with Crippen LogP contribution < -0.4 is 15.4 Å². The molecule has 24 heavy (non-hydrogen) atoms. The van der Waals surface area contributed by atoms with Crippen LogP contribution in [0.15, 0.2) is 42.5 Å². The fourth-order valence-electron chi connectivity index (χ4n) is 2.04. The maximum Gasteiger partial charge on any atom is 0.270 e. The van der Waals surface area contributed by atoms with Crippen LogP contribution in [0.25, 0.3) is 0 Å². The number of amides is 2. The van der Waals surface area contributed by atoms with Crippen molar-refractivity contribution in [1.82, 2.24) is 15.6 Å². The average Bonchev–Trinajstić information content (AvgIpc) is 2.59. The monoisotopic (exact) mass is 327 g/mol. The zero-order valence-electron chi connectivity index (χ0n) is 14.0. The second-order valence-electron chi connectivity index (χ2n) is 5.57. The molecule has 0 aliphatic carbocycles. The Morgan fingerprint density at radius 1 is 1.04 bits per heavy atom. The van der Waals surface area contributed by atoms with E-state index in [0.29, 0.717) is 6.54 Å². The third-order valence-electron chi connectivity index (χ3n) is 3.25. The lowest BCUT2D eigenvalue weighted by molar-refractivity contribution is 0.0936. The molecule has 1 aromatic carbocycles. The van der Waals surface area contributed by atoms with Crippen molar-refractivity contribution in [1.29, 1.82) is 0 Å². The first-order chi connectivity index (χ1) is 11.5. The van der Waals surface area contributed by atoms with Crippen LogP contribution >= 0.6 is 0 Å². The first-order valence-electron chi connectivity index (χ1n) is 7.68. The summed E-state index contributed by atoms with van der Waals surface area (Å²) in [7, 11) is 1.60. The van der Waals surface area contributed by atoms with Crippen molar-refractivity contribution in [2.75, 3.05) is 7.11 Å². The molecule has 2 rings (SSSR count). The number of pyridine rings is 1. The van der Waals surface area contributed by atoms with E-state index in [-0.39, 0.29) is 29.2 Å². The van der Waals surface area contributed by atoms with Crippen LogP contribution in [-0.4, -0.2) is 29.9 Å². The first-order valence-corrected chi connectivity index (χ1v) is 7.68. The van der Waals surface area contributed by atoms with E-state index in [1.165, 1.54) is 0 Å². The molecule has 1 aromatic heterocycles. The predicted molar refractivity (Wildman–Crippen MR) is 91.0 cm³/mol. The minimum Gasteiger partial charge on any atom is -0.497 e. The third kappa shape index (κ3) is 4.81. The topological polar surface area (TPSA) is 80.3 Å². The SMILES string of the molecule is COc1ccc(CNC(=O)c2cccc(C(=O)NC(C)C)n2)cc1. The second kappa shape index (κ2) is 8.10. The number of rotatable bonds is 6. The van der Waals surface area contributed by atoms with Gasteiger partial charge in [-0.15, -0.1) is 0 Å². The molecule has 2 N–H and O–H groups in total. The largest absolute Gasteiger partial charge is 0.497 e. The number of benzene rings is 1. The molecule has 2 amide bonds. The average molecular weight is 327 g/mol. The van der Waals surface area contributed by atoms with Gasteiger partial charge in [-0.3, -0.25) is 9.59 Å². The Labute approximate surface area is 141 Å². The van der Waals surface area contributed by atoms with Crippen LogP contribution in [0.4, 0.5) is 0 Å². The number of hydrogen-bond donors (Lipinski definition) is 2. The fourth-order valence-corrected chi connectivity index (χ4v) is 2.04. The van der Waals surface area contributed by atoms with Gasteiger partial charge in [-0.25, -0.2) is 4.98 Å². The molecule has 0 aliphatic rings. The molecule has 0 saturated heterocycles. The molecule has 0 spiro atoms. The summed E-state index contributed by atoms with van der Waals surface area (Å²) in [5.74, 6) is 0.135. The van der Waals surface area contributed by atoms with Crippen molar-refractivity contribution in [3.05, 3.63) is 59.4 Å². The Balaban J connectivity index is 2.00. The quantitative estimate of drug-likeness (QED) is 0.852. The second-order valence-corrected chi connectivity index (χ2v) is 5.57. The Morgan fingerprint density at radius 2 is 1.67 bits per heavy atom. The van der Waals surface area contributed by atoms with Gasteiger partial charge in [0.25, 0.3) is 11.8 Å². The molecular weight excluding hydrogens is 306 g/mol. The van der Waals surface area contributed by atoms with Crippen LogP contribution in [0.3, 0.4) is 0 Å². The lowest BCUT2D eigenvalue weighted by Crippen LogP contribution is -2.31. The summed E-state index contributed by atoms with van der Waals surface area (Å²) in [5.41, 5.74) is 1.37. The van der Waals surface area contributed by atoms with Gasteiger partial charge in [-0.2, -0.15) is 0 Å². The van der Waals surface area contributed by atoms with Gasteiger partial charge in [0, 0.05) is 12.6 Å². The van der Waals surface area contributed by atoms with E-state index in [0.717, 1.165) is 11.3 Å². The van der Waals surface area contributed by atoms with Gasteiger partial charge in [0.2, 0.25) is 0 Å². The van der Waals surface area contributed by atoms with Crippen molar-refractivity contribution in [2.45, 2.75) is 26.4 Å². The lowest BCUT2D eigenvalue weighted by atomic mass is 10.2. The molecule has 0 radical (unpaired) electrons. The van der Waals surface area contributed by atoms with Crippen LogP contribution in [-0.2, 0) is 6.54 Å². The van der Waals surface area contributed by atoms with Gasteiger partial charge in [0.05, 0.1) is 7.11 Å². The molecule has 6 nitrogen and oxygen atoms in total. The highest BCUT2D eigenvalue weighted by molar-refractivity contribution is 5.96. The summed E-state index contributed by atoms with van der Waals surface area (Å²) in [4.78, 5) is 28.3. The highest BCUT2D eigenvalue weighted by Crippen LogP contribution is 2.11. The molecule has 0 saturated carbocycles. The molecule has 0 atom stereocenters. The van der Waals surface area contributed by atoms with Gasteiger partial charge in [0.15, 0.2) is 0 Å². The molecule has 6 heteroatoms.